The second-order valence-corrected chi connectivity index (χ2v) is 5.33. The van der Waals surface area contributed by atoms with E-state index in [0.29, 0.717) is 34.4 Å². The molecular weight excluding hydrogens is 335 g/mol. The summed E-state index contributed by atoms with van der Waals surface area (Å²) >= 11 is 6.02. The van der Waals surface area contributed by atoms with E-state index in [2.05, 4.69) is 10.6 Å². The number of hydrogen-bond acceptors (Lipinski definition) is 4. The lowest BCUT2D eigenvalue weighted by atomic mass is 10.2. The summed E-state index contributed by atoms with van der Waals surface area (Å²) in [6, 6.07) is 9.22. The molecule has 0 bridgehead atoms. The van der Waals surface area contributed by atoms with Crippen LogP contribution in [0.2, 0.25) is 5.02 Å². The van der Waals surface area contributed by atoms with Crippen LogP contribution in [-0.4, -0.2) is 26.7 Å². The zero-order chi connectivity index (χ0) is 17.5. The summed E-state index contributed by atoms with van der Waals surface area (Å²) in [6.07, 6.45) is 0.199. The minimum Gasteiger partial charge on any atom is -0.495 e. The minimum atomic E-state index is -0.331. The highest BCUT2D eigenvalue weighted by molar-refractivity contribution is 6.32. The van der Waals surface area contributed by atoms with E-state index in [0.717, 1.165) is 0 Å². The topological polar surface area (TPSA) is 59.6 Å². The monoisotopic (exact) mass is 352 g/mol. The number of halogens is 2. The Balaban J connectivity index is 1.94. The molecule has 24 heavy (non-hydrogen) atoms. The van der Waals surface area contributed by atoms with Crippen LogP contribution in [0, 0.1) is 5.82 Å². The molecule has 0 spiro atoms. The number of anilines is 2. The van der Waals surface area contributed by atoms with Gasteiger partial charge in [-0.25, -0.2) is 4.39 Å². The molecule has 0 saturated heterocycles. The number of rotatable bonds is 7. The largest absolute Gasteiger partial charge is 0.495 e. The lowest BCUT2D eigenvalue weighted by Crippen LogP contribution is -2.16. The number of hydrogen-bond donors (Lipinski definition) is 2. The number of ether oxygens (including phenoxy) is 2. The molecule has 2 rings (SSSR count). The quantitative estimate of drug-likeness (QED) is 0.792. The van der Waals surface area contributed by atoms with Crippen LogP contribution in [0.5, 0.6) is 11.5 Å². The first kappa shape index (κ1) is 17.9. The summed E-state index contributed by atoms with van der Waals surface area (Å²) in [7, 11) is 2.97. The molecule has 0 aliphatic heterocycles. The van der Waals surface area contributed by atoms with Crippen LogP contribution >= 0.6 is 11.6 Å². The number of amides is 1. The van der Waals surface area contributed by atoms with Gasteiger partial charge in [0.2, 0.25) is 5.91 Å². The molecule has 0 heterocycles. The van der Waals surface area contributed by atoms with Crippen molar-refractivity contribution in [3.63, 3.8) is 0 Å². The Morgan fingerprint density at radius 3 is 2.58 bits per heavy atom. The highest BCUT2D eigenvalue weighted by Gasteiger charge is 2.12. The molecule has 0 aromatic heterocycles. The number of benzene rings is 2. The molecule has 128 valence electrons. The molecule has 2 aromatic carbocycles. The Bertz CT molecular complexity index is 725. The van der Waals surface area contributed by atoms with Crippen molar-refractivity contribution in [2.45, 2.75) is 6.42 Å². The van der Waals surface area contributed by atoms with Crippen molar-refractivity contribution in [2.24, 2.45) is 0 Å². The second kappa shape index (κ2) is 8.40. The van der Waals surface area contributed by atoms with E-state index in [1.807, 2.05) is 0 Å². The van der Waals surface area contributed by atoms with Crippen LogP contribution in [0.4, 0.5) is 15.8 Å². The van der Waals surface area contributed by atoms with Crippen LogP contribution in [0.3, 0.4) is 0 Å². The standard InChI is InChI=1S/C17H18ClFN2O3/c1-23-15-10-14(16(24-2)9-13(15)18)21-17(22)6-7-20-12-5-3-4-11(19)8-12/h3-5,8-10,20H,6-7H2,1-2H3,(H,21,22). The van der Waals surface area contributed by atoms with E-state index in [-0.39, 0.29) is 18.1 Å². The van der Waals surface area contributed by atoms with Crippen molar-refractivity contribution < 1.29 is 18.7 Å². The molecule has 2 N–H and O–H groups in total. The fourth-order valence-corrected chi connectivity index (χ4v) is 2.32. The fourth-order valence-electron chi connectivity index (χ4n) is 2.09. The minimum absolute atomic E-state index is 0.199. The first-order chi connectivity index (χ1) is 11.5. The van der Waals surface area contributed by atoms with E-state index in [4.69, 9.17) is 21.1 Å². The lowest BCUT2D eigenvalue weighted by Gasteiger charge is -2.13. The van der Waals surface area contributed by atoms with Gasteiger partial charge in [-0.1, -0.05) is 17.7 Å². The van der Waals surface area contributed by atoms with Crippen molar-refractivity contribution in [2.75, 3.05) is 31.4 Å². The zero-order valence-electron chi connectivity index (χ0n) is 13.4. The third kappa shape index (κ3) is 4.76. The molecule has 1 amide bonds. The Hall–Kier alpha value is -2.47. The van der Waals surface area contributed by atoms with Gasteiger partial charge in [0, 0.05) is 30.8 Å². The van der Waals surface area contributed by atoms with Crippen molar-refractivity contribution in [3.05, 3.63) is 47.2 Å². The molecule has 2 aromatic rings. The highest BCUT2D eigenvalue weighted by atomic mass is 35.5. The Morgan fingerprint density at radius 2 is 1.92 bits per heavy atom. The fraction of sp³-hybridized carbons (Fsp3) is 0.235. The van der Waals surface area contributed by atoms with E-state index < -0.39 is 0 Å². The Kier molecular flexibility index (Phi) is 6.26. The average molecular weight is 353 g/mol. The third-order valence-corrected chi connectivity index (χ3v) is 3.55. The first-order valence-electron chi connectivity index (χ1n) is 7.24. The van der Waals surface area contributed by atoms with Gasteiger partial charge in [-0.15, -0.1) is 0 Å². The van der Waals surface area contributed by atoms with Gasteiger partial charge in [0.25, 0.3) is 0 Å². The number of carbonyl (C=O) groups is 1. The second-order valence-electron chi connectivity index (χ2n) is 4.92. The first-order valence-corrected chi connectivity index (χ1v) is 7.62. The van der Waals surface area contributed by atoms with Crippen LogP contribution in [0.1, 0.15) is 6.42 Å². The molecule has 0 atom stereocenters. The molecule has 0 fully saturated rings. The molecule has 7 heteroatoms. The number of carbonyl (C=O) groups excluding carboxylic acids is 1. The smallest absolute Gasteiger partial charge is 0.226 e. The van der Waals surface area contributed by atoms with E-state index >= 15 is 0 Å². The van der Waals surface area contributed by atoms with Gasteiger partial charge in [0.15, 0.2) is 0 Å². The zero-order valence-corrected chi connectivity index (χ0v) is 14.1. The van der Waals surface area contributed by atoms with Crippen LogP contribution < -0.4 is 20.1 Å². The van der Waals surface area contributed by atoms with E-state index in [9.17, 15) is 9.18 Å². The lowest BCUT2D eigenvalue weighted by molar-refractivity contribution is -0.116. The van der Waals surface area contributed by atoms with Crippen molar-refractivity contribution in [1.29, 1.82) is 0 Å². The van der Waals surface area contributed by atoms with Crippen LogP contribution in [-0.2, 0) is 4.79 Å². The summed E-state index contributed by atoms with van der Waals surface area (Å²) < 4.78 is 23.4. The predicted molar refractivity (Wildman–Crippen MR) is 92.7 cm³/mol. The average Bonchev–Trinajstić information content (AvgIpc) is 2.56. The Morgan fingerprint density at radius 1 is 1.17 bits per heavy atom. The molecule has 0 radical (unpaired) electrons. The molecular formula is C17H18ClFN2O3. The summed E-state index contributed by atoms with van der Waals surface area (Å²) in [5.41, 5.74) is 1.09. The number of nitrogens with one attached hydrogen (secondary N) is 2. The van der Waals surface area contributed by atoms with Gasteiger partial charge < -0.3 is 20.1 Å². The highest BCUT2D eigenvalue weighted by Crippen LogP contribution is 2.35. The summed E-state index contributed by atoms with van der Waals surface area (Å²) in [5.74, 6) is 0.321. The molecule has 0 unspecified atom stereocenters. The van der Waals surface area contributed by atoms with E-state index in [1.165, 1.54) is 26.4 Å². The number of methoxy groups -OCH3 is 2. The predicted octanol–water partition coefficient (Wildman–Crippen LogP) is 3.94. The van der Waals surface area contributed by atoms with Crippen LogP contribution in [0.25, 0.3) is 0 Å². The summed E-state index contributed by atoms with van der Waals surface area (Å²) in [6.45, 7) is 0.363. The summed E-state index contributed by atoms with van der Waals surface area (Å²) in [5, 5.41) is 6.12. The van der Waals surface area contributed by atoms with Crippen LogP contribution in [0.15, 0.2) is 36.4 Å². The van der Waals surface area contributed by atoms with Gasteiger partial charge >= 0.3 is 0 Å². The SMILES string of the molecule is COc1cc(NC(=O)CCNc2cccc(F)c2)c(OC)cc1Cl. The molecule has 0 aliphatic carbocycles. The molecule has 0 aliphatic rings. The van der Waals surface area contributed by atoms with Gasteiger partial charge in [-0.05, 0) is 18.2 Å². The van der Waals surface area contributed by atoms with Gasteiger partial charge in [-0.3, -0.25) is 4.79 Å². The maximum absolute atomic E-state index is 13.1. The van der Waals surface area contributed by atoms with Gasteiger partial charge in [-0.2, -0.15) is 0 Å². The van der Waals surface area contributed by atoms with Crippen molar-refractivity contribution in [3.8, 4) is 11.5 Å². The summed E-state index contributed by atoms with van der Waals surface area (Å²) in [4.78, 5) is 12.1. The van der Waals surface area contributed by atoms with Crippen molar-refractivity contribution >= 4 is 28.9 Å². The van der Waals surface area contributed by atoms with Gasteiger partial charge in [0.05, 0.1) is 24.9 Å². The van der Waals surface area contributed by atoms with Gasteiger partial charge in [0.1, 0.15) is 17.3 Å². The third-order valence-electron chi connectivity index (χ3n) is 3.25. The molecule has 0 saturated carbocycles. The molecule has 5 nitrogen and oxygen atoms in total. The normalized spacial score (nSPS) is 10.2. The Labute approximate surface area is 144 Å². The maximum atomic E-state index is 13.1. The van der Waals surface area contributed by atoms with Crippen molar-refractivity contribution in [1.82, 2.24) is 0 Å². The maximum Gasteiger partial charge on any atom is 0.226 e. The van der Waals surface area contributed by atoms with E-state index in [1.54, 1.807) is 24.3 Å².